The molecule has 0 fully saturated rings. The summed E-state index contributed by atoms with van der Waals surface area (Å²) in [6.07, 6.45) is -0.106. The van der Waals surface area contributed by atoms with E-state index in [0.29, 0.717) is 0 Å². The Morgan fingerprint density at radius 3 is 3.00 bits per heavy atom. The lowest BCUT2D eigenvalue weighted by Crippen LogP contribution is -1.97. The Morgan fingerprint density at radius 1 is 1.60 bits per heavy atom. The molecule has 0 aliphatic carbocycles. The molecule has 0 aromatic heterocycles. The largest absolute Gasteiger partial charge is 0.505 e. The van der Waals surface area contributed by atoms with Gasteiger partial charge in [-0.05, 0) is 12.1 Å². The fourth-order valence-electron chi connectivity index (χ4n) is 0.900. The molecular weight excluding hydrogens is 199 g/mol. The van der Waals surface area contributed by atoms with Crippen molar-refractivity contribution >= 4 is 5.97 Å². The fourth-order valence-corrected chi connectivity index (χ4v) is 0.900. The van der Waals surface area contributed by atoms with E-state index in [0.717, 1.165) is 0 Å². The number of esters is 1. The van der Waals surface area contributed by atoms with Crippen molar-refractivity contribution in [2.75, 3.05) is 7.11 Å². The van der Waals surface area contributed by atoms with Crippen LogP contribution in [0.25, 0.3) is 0 Å². The summed E-state index contributed by atoms with van der Waals surface area (Å²) in [6.45, 7) is 0. The summed E-state index contributed by atoms with van der Waals surface area (Å²) in [7, 11) is 1.25. The van der Waals surface area contributed by atoms with E-state index < -0.39 is 17.5 Å². The van der Waals surface area contributed by atoms with E-state index in [1.807, 2.05) is 0 Å². The van der Waals surface area contributed by atoms with E-state index in [-0.39, 0.29) is 12.0 Å². The molecule has 0 spiro atoms. The number of carbonyl (C=O) groups excluding carboxylic acids is 1. The maximum atomic E-state index is 13.1. The van der Waals surface area contributed by atoms with E-state index in [9.17, 15) is 9.18 Å². The number of ether oxygens (including phenoxy) is 1. The number of rotatable bonds is 1. The number of phenols is 1. The minimum absolute atomic E-state index is 0.0545. The third-order valence-corrected chi connectivity index (χ3v) is 1.66. The highest BCUT2D eigenvalue weighted by molar-refractivity contribution is 5.72. The molecule has 0 aliphatic heterocycles. The highest BCUT2D eigenvalue weighted by Crippen LogP contribution is 2.17. The van der Waals surface area contributed by atoms with Crippen molar-refractivity contribution in [3.63, 3.8) is 0 Å². The molecule has 1 aromatic carbocycles. The molecule has 4 heteroatoms. The normalized spacial score (nSPS) is 8.93. The fraction of sp³-hybridized carbons (Fsp3) is 0.182. The van der Waals surface area contributed by atoms with Crippen LogP contribution >= 0.6 is 0 Å². The second-order valence-electron chi connectivity index (χ2n) is 2.69. The van der Waals surface area contributed by atoms with Crippen LogP contribution in [0.3, 0.4) is 0 Å². The molecule has 3 nitrogen and oxygen atoms in total. The summed E-state index contributed by atoms with van der Waals surface area (Å²) >= 11 is 0. The van der Waals surface area contributed by atoms with Crippen molar-refractivity contribution in [3.05, 3.63) is 29.6 Å². The lowest BCUT2D eigenvalue weighted by atomic mass is 10.2. The number of carbonyl (C=O) groups is 1. The van der Waals surface area contributed by atoms with Crippen molar-refractivity contribution in [2.24, 2.45) is 0 Å². The predicted molar refractivity (Wildman–Crippen MR) is 51.6 cm³/mol. The van der Waals surface area contributed by atoms with E-state index in [1.54, 1.807) is 0 Å². The number of benzene rings is 1. The highest BCUT2D eigenvalue weighted by Gasteiger charge is 2.03. The van der Waals surface area contributed by atoms with Crippen molar-refractivity contribution < 1.29 is 19.0 Å². The summed E-state index contributed by atoms with van der Waals surface area (Å²) in [4.78, 5) is 10.7. The van der Waals surface area contributed by atoms with Gasteiger partial charge in [-0.25, -0.2) is 4.39 Å². The average Bonchev–Trinajstić information content (AvgIpc) is 2.24. The first-order valence-electron chi connectivity index (χ1n) is 4.18. The Morgan fingerprint density at radius 2 is 2.33 bits per heavy atom. The van der Waals surface area contributed by atoms with Crippen LogP contribution in [-0.4, -0.2) is 18.2 Å². The first kappa shape index (κ1) is 11.1. The molecule has 1 rings (SSSR count). The lowest BCUT2D eigenvalue weighted by Gasteiger charge is -1.96. The molecule has 0 aliphatic rings. The Labute approximate surface area is 86.5 Å². The third kappa shape index (κ3) is 2.99. The second-order valence-corrected chi connectivity index (χ2v) is 2.69. The molecule has 0 saturated carbocycles. The standard InChI is InChI=1S/C11H9FO3/c1-15-10(14)7-3-5-8-4-2-6-9(13)11(8)12/h2,4,6,13H,7H2,1H3. The zero-order valence-electron chi connectivity index (χ0n) is 8.08. The molecular formula is C11H9FO3. The van der Waals surface area contributed by atoms with Crippen LogP contribution in [0.2, 0.25) is 0 Å². The van der Waals surface area contributed by atoms with Gasteiger partial charge in [0.05, 0.1) is 12.7 Å². The van der Waals surface area contributed by atoms with Crippen molar-refractivity contribution in [3.8, 4) is 17.6 Å². The van der Waals surface area contributed by atoms with Gasteiger partial charge in [-0.2, -0.15) is 0 Å². The van der Waals surface area contributed by atoms with E-state index >= 15 is 0 Å². The molecule has 1 aromatic rings. The zero-order valence-corrected chi connectivity index (χ0v) is 8.08. The van der Waals surface area contributed by atoms with Crippen LogP contribution in [0.15, 0.2) is 18.2 Å². The summed E-state index contributed by atoms with van der Waals surface area (Å²) in [6, 6.07) is 4.11. The zero-order chi connectivity index (χ0) is 11.3. The second kappa shape index (κ2) is 5.01. The summed E-state index contributed by atoms with van der Waals surface area (Å²) in [5.74, 6) is 3.15. The number of hydrogen-bond acceptors (Lipinski definition) is 3. The van der Waals surface area contributed by atoms with Crippen molar-refractivity contribution in [2.45, 2.75) is 6.42 Å². The first-order valence-corrected chi connectivity index (χ1v) is 4.18. The lowest BCUT2D eigenvalue weighted by molar-refractivity contribution is -0.139. The molecule has 0 heterocycles. The van der Waals surface area contributed by atoms with Gasteiger partial charge in [0.15, 0.2) is 11.6 Å². The maximum absolute atomic E-state index is 13.1. The Kier molecular flexibility index (Phi) is 3.69. The molecule has 0 bridgehead atoms. The van der Waals surface area contributed by atoms with Crippen molar-refractivity contribution in [1.29, 1.82) is 0 Å². The summed E-state index contributed by atoms with van der Waals surface area (Å²) in [5, 5.41) is 9.02. The van der Waals surface area contributed by atoms with Crippen LogP contribution in [0.5, 0.6) is 5.75 Å². The number of hydrogen-bond donors (Lipinski definition) is 1. The Balaban J connectivity index is 2.80. The van der Waals surface area contributed by atoms with E-state index in [2.05, 4.69) is 16.6 Å². The smallest absolute Gasteiger partial charge is 0.317 e. The van der Waals surface area contributed by atoms with E-state index in [1.165, 1.54) is 25.3 Å². The Bertz CT molecular complexity index is 429. The number of halogens is 1. The number of aromatic hydroxyl groups is 1. The maximum Gasteiger partial charge on any atom is 0.317 e. The number of phenolic OH excluding ortho intramolecular Hbond substituents is 1. The summed E-state index contributed by atoms with van der Waals surface area (Å²) < 4.78 is 17.5. The quantitative estimate of drug-likeness (QED) is 0.561. The SMILES string of the molecule is COC(=O)CC#Cc1cccc(O)c1F. The Hall–Kier alpha value is -2.02. The van der Waals surface area contributed by atoms with Crippen LogP contribution in [0.1, 0.15) is 12.0 Å². The molecule has 0 saturated heterocycles. The third-order valence-electron chi connectivity index (χ3n) is 1.66. The van der Waals surface area contributed by atoms with Gasteiger partial charge in [0.25, 0.3) is 0 Å². The van der Waals surface area contributed by atoms with Gasteiger partial charge < -0.3 is 9.84 Å². The van der Waals surface area contributed by atoms with Crippen LogP contribution in [-0.2, 0) is 9.53 Å². The predicted octanol–water partition coefficient (Wildman–Crippen LogP) is 1.45. The number of methoxy groups -OCH3 is 1. The molecule has 1 N–H and O–H groups in total. The van der Waals surface area contributed by atoms with Gasteiger partial charge in [-0.15, -0.1) is 0 Å². The monoisotopic (exact) mass is 208 g/mol. The molecule has 0 unspecified atom stereocenters. The molecule has 0 radical (unpaired) electrons. The topological polar surface area (TPSA) is 46.5 Å². The van der Waals surface area contributed by atoms with Gasteiger partial charge >= 0.3 is 5.97 Å². The highest BCUT2D eigenvalue weighted by atomic mass is 19.1. The average molecular weight is 208 g/mol. The molecule has 78 valence electrons. The first-order chi connectivity index (χ1) is 7.15. The minimum Gasteiger partial charge on any atom is -0.505 e. The van der Waals surface area contributed by atoms with Gasteiger partial charge in [-0.1, -0.05) is 17.9 Å². The van der Waals surface area contributed by atoms with E-state index in [4.69, 9.17) is 5.11 Å². The van der Waals surface area contributed by atoms with Gasteiger partial charge in [-0.3, -0.25) is 4.79 Å². The van der Waals surface area contributed by atoms with Crippen LogP contribution < -0.4 is 0 Å². The van der Waals surface area contributed by atoms with Gasteiger partial charge in [0.1, 0.15) is 6.42 Å². The molecule has 0 amide bonds. The van der Waals surface area contributed by atoms with Crippen LogP contribution in [0.4, 0.5) is 4.39 Å². The van der Waals surface area contributed by atoms with Gasteiger partial charge in [0.2, 0.25) is 0 Å². The molecule has 0 atom stereocenters. The van der Waals surface area contributed by atoms with Crippen LogP contribution in [0, 0.1) is 17.7 Å². The molecule has 15 heavy (non-hydrogen) atoms. The minimum atomic E-state index is -0.783. The van der Waals surface area contributed by atoms with Gasteiger partial charge in [0, 0.05) is 0 Å². The summed E-state index contributed by atoms with van der Waals surface area (Å²) in [5.41, 5.74) is 0.0545. The van der Waals surface area contributed by atoms with Crippen molar-refractivity contribution in [1.82, 2.24) is 0 Å².